The molecule has 0 bridgehead atoms. The number of carbonyl (C=O) groups excluding carboxylic acids is 1. The predicted molar refractivity (Wildman–Crippen MR) is 143 cm³/mol. The topological polar surface area (TPSA) is 158 Å². The fourth-order valence-electron chi connectivity index (χ4n) is 4.32. The van der Waals surface area contributed by atoms with Crippen molar-refractivity contribution >= 4 is 24.5 Å². The highest BCUT2D eigenvalue weighted by atomic mass is 31.2. The Labute approximate surface area is 241 Å². The number of hydrogen-bond acceptors (Lipinski definition) is 9. The van der Waals surface area contributed by atoms with Gasteiger partial charge in [-0.05, 0) is 32.2 Å². The molecule has 2 aromatic carbocycles. The van der Waals surface area contributed by atoms with Gasteiger partial charge in [0.15, 0.2) is 18.0 Å². The zero-order chi connectivity index (χ0) is 31.7. The Balaban J connectivity index is 1.69. The van der Waals surface area contributed by atoms with E-state index in [9.17, 15) is 37.2 Å². The van der Waals surface area contributed by atoms with Crippen LogP contribution in [-0.4, -0.2) is 63.7 Å². The molecule has 4 rings (SSSR count). The van der Waals surface area contributed by atoms with Gasteiger partial charge in [-0.15, -0.1) is 0 Å². The molecule has 0 saturated carbocycles. The van der Waals surface area contributed by atoms with Gasteiger partial charge in [0.1, 0.15) is 17.9 Å². The number of aromatic amines is 1. The van der Waals surface area contributed by atoms with Gasteiger partial charge < -0.3 is 19.1 Å². The van der Waals surface area contributed by atoms with E-state index in [2.05, 4.69) is 5.09 Å². The summed E-state index contributed by atoms with van der Waals surface area (Å²) in [4.78, 5) is 37.6. The second kappa shape index (κ2) is 12.6. The number of aromatic nitrogens is 2. The van der Waals surface area contributed by atoms with Crippen molar-refractivity contribution in [3.05, 3.63) is 75.3 Å². The van der Waals surface area contributed by atoms with Crippen LogP contribution in [0.5, 0.6) is 5.75 Å². The van der Waals surface area contributed by atoms with Crippen LogP contribution in [0.1, 0.15) is 27.0 Å². The van der Waals surface area contributed by atoms with Crippen LogP contribution in [0.2, 0.25) is 0 Å². The molecule has 3 aromatic rings. The van der Waals surface area contributed by atoms with E-state index in [1.54, 1.807) is 55.2 Å². The second-order valence-electron chi connectivity index (χ2n) is 9.98. The van der Waals surface area contributed by atoms with Gasteiger partial charge in [-0.25, -0.2) is 22.5 Å². The largest absolute Gasteiger partial charge is 0.462 e. The quantitative estimate of drug-likeness (QED) is 0.163. The number of alkyl halides is 3. The number of H-pyrrole nitrogens is 1. The first kappa shape index (κ1) is 32.4. The number of hydrogen-bond donors (Lipinski definition) is 3. The van der Waals surface area contributed by atoms with Crippen LogP contribution < -0.4 is 20.9 Å². The maximum atomic E-state index is 15.4. The highest BCUT2D eigenvalue weighted by Gasteiger charge is 2.63. The fourth-order valence-corrected chi connectivity index (χ4v) is 5.87. The van der Waals surface area contributed by atoms with Crippen molar-refractivity contribution in [2.75, 3.05) is 6.61 Å². The van der Waals surface area contributed by atoms with Crippen LogP contribution in [0.3, 0.4) is 0 Å². The molecular weight excluding hydrogens is 605 g/mol. The molecule has 0 radical (unpaired) electrons. The van der Waals surface area contributed by atoms with E-state index < -0.39 is 80.1 Å². The lowest BCUT2D eigenvalue weighted by Crippen LogP contribution is -2.51. The Morgan fingerprint density at radius 1 is 1.19 bits per heavy atom. The first-order valence-corrected chi connectivity index (χ1v) is 14.4. The summed E-state index contributed by atoms with van der Waals surface area (Å²) >= 11 is 0. The molecule has 0 spiro atoms. The normalized spacial score (nSPS) is 24.3. The number of aliphatic hydroxyl groups excluding tert-OH is 1. The molecule has 234 valence electrons. The van der Waals surface area contributed by atoms with Crippen molar-refractivity contribution in [1.82, 2.24) is 14.6 Å². The van der Waals surface area contributed by atoms with E-state index in [1.165, 1.54) is 13.0 Å². The van der Waals surface area contributed by atoms with Crippen molar-refractivity contribution in [2.45, 2.75) is 63.4 Å². The third kappa shape index (κ3) is 6.68. The third-order valence-electron chi connectivity index (χ3n) is 6.45. The van der Waals surface area contributed by atoms with Crippen molar-refractivity contribution < 1.29 is 50.5 Å². The number of carbonyl (C=O) groups is 1. The van der Waals surface area contributed by atoms with Gasteiger partial charge in [-0.1, -0.05) is 36.4 Å². The van der Waals surface area contributed by atoms with Gasteiger partial charge in [0.05, 0.1) is 18.9 Å². The maximum absolute atomic E-state index is 15.4. The Bertz CT molecular complexity index is 1650. The number of esters is 1. The van der Waals surface area contributed by atoms with Crippen LogP contribution >= 0.6 is 7.75 Å². The van der Waals surface area contributed by atoms with Gasteiger partial charge in [0.2, 0.25) is 5.82 Å². The highest BCUT2D eigenvalue weighted by Crippen LogP contribution is 2.50. The zero-order valence-corrected chi connectivity index (χ0v) is 23.8. The Morgan fingerprint density at radius 3 is 2.53 bits per heavy atom. The number of ether oxygens (including phenoxy) is 2. The van der Waals surface area contributed by atoms with Gasteiger partial charge >= 0.3 is 19.4 Å². The van der Waals surface area contributed by atoms with Gasteiger partial charge in [0.25, 0.3) is 12.0 Å². The van der Waals surface area contributed by atoms with Crippen LogP contribution in [0.15, 0.2) is 58.3 Å². The molecule has 43 heavy (non-hydrogen) atoms. The number of nitrogens with one attached hydrogen (secondary N) is 2. The molecule has 12 nitrogen and oxygen atoms in total. The summed E-state index contributed by atoms with van der Waals surface area (Å²) in [6.45, 7) is 2.79. The molecule has 6 atom stereocenters. The molecule has 17 heteroatoms. The van der Waals surface area contributed by atoms with Crippen LogP contribution in [0.4, 0.5) is 17.6 Å². The molecule has 1 aliphatic rings. The average Bonchev–Trinajstić information content (AvgIpc) is 3.20. The summed E-state index contributed by atoms with van der Waals surface area (Å²) in [5.74, 6) is -2.50. The number of benzene rings is 2. The smallest absolute Gasteiger partial charge is 0.459 e. The molecule has 1 aromatic heterocycles. The van der Waals surface area contributed by atoms with E-state index in [0.717, 1.165) is 0 Å². The maximum Gasteiger partial charge on any atom is 0.459 e. The zero-order valence-electron chi connectivity index (χ0n) is 22.9. The number of nitrogens with zero attached hydrogens (tertiary/aromatic N) is 1. The van der Waals surface area contributed by atoms with Gasteiger partial charge in [0, 0.05) is 5.39 Å². The van der Waals surface area contributed by atoms with Crippen molar-refractivity contribution in [3.8, 4) is 5.75 Å². The third-order valence-corrected chi connectivity index (χ3v) is 8.06. The fraction of sp³-hybridized carbons (Fsp3) is 0.423. The van der Waals surface area contributed by atoms with Crippen molar-refractivity contribution in [1.29, 1.82) is 0 Å². The van der Waals surface area contributed by atoms with Crippen LogP contribution in [-0.2, 0) is 23.4 Å². The highest BCUT2D eigenvalue weighted by molar-refractivity contribution is 7.52. The Morgan fingerprint density at radius 2 is 1.86 bits per heavy atom. The number of halogens is 4. The number of rotatable bonds is 11. The summed E-state index contributed by atoms with van der Waals surface area (Å²) in [7, 11) is -4.88. The monoisotopic (exact) mass is 633 g/mol. The minimum absolute atomic E-state index is 0.0539. The Hall–Kier alpha value is -3.56. The first-order chi connectivity index (χ1) is 20.2. The van der Waals surface area contributed by atoms with E-state index >= 15 is 4.39 Å². The summed E-state index contributed by atoms with van der Waals surface area (Å²) in [5.41, 5.74) is -6.22. The SMILES string of the molecule is CC(C)OC(=O)C(C)NP(=O)(OCC1(C(F)F)OC(n2cc(F)c(=O)[nH]c2=O)C(O)C1F)Oc1cccc2ccccc12. The van der Waals surface area contributed by atoms with E-state index in [1.807, 2.05) is 0 Å². The molecule has 1 aliphatic heterocycles. The van der Waals surface area contributed by atoms with Crippen molar-refractivity contribution in [3.63, 3.8) is 0 Å². The second-order valence-corrected chi connectivity index (χ2v) is 11.7. The molecule has 2 heterocycles. The van der Waals surface area contributed by atoms with Crippen LogP contribution in [0, 0.1) is 5.82 Å². The molecule has 1 saturated heterocycles. The lowest BCUT2D eigenvalue weighted by molar-refractivity contribution is -0.183. The Kier molecular flexibility index (Phi) is 9.47. The minimum atomic E-state index is -4.88. The number of fused-ring (bicyclic) bond motifs is 1. The molecule has 1 fully saturated rings. The van der Waals surface area contributed by atoms with Crippen LogP contribution in [0.25, 0.3) is 10.8 Å². The molecule has 0 aliphatic carbocycles. The molecular formula is C26H28F4N3O9P. The minimum Gasteiger partial charge on any atom is -0.462 e. The first-order valence-electron chi connectivity index (χ1n) is 12.9. The van der Waals surface area contributed by atoms with E-state index in [-0.39, 0.29) is 16.5 Å². The van der Waals surface area contributed by atoms with Gasteiger partial charge in [-0.3, -0.25) is 23.7 Å². The summed E-state index contributed by atoms with van der Waals surface area (Å²) < 4.78 is 93.6. The predicted octanol–water partition coefficient (Wildman–Crippen LogP) is 3.19. The summed E-state index contributed by atoms with van der Waals surface area (Å²) in [5, 5.41) is 13.8. The van der Waals surface area contributed by atoms with E-state index in [4.69, 9.17) is 18.5 Å². The average molecular weight is 633 g/mol. The summed E-state index contributed by atoms with van der Waals surface area (Å²) in [6.07, 6.45) is -11.8. The van der Waals surface area contributed by atoms with E-state index in [0.29, 0.717) is 10.8 Å². The number of aliphatic hydroxyl groups is 1. The molecule has 6 unspecified atom stereocenters. The standard InChI is InChI=1S/C26H28F4N3O9P/c1-13(2)40-23(36)14(3)32-43(38,42-18-10-6-8-15-7-4-5-9-16(15)18)39-12-26(24(29)30)20(28)19(34)22(41-26)33-11-17(27)21(35)31-25(33)37/h4-11,13-14,19-20,22,24,34H,12H2,1-3H3,(H,32,38)(H,31,35,37). The molecule has 0 amide bonds. The lowest BCUT2D eigenvalue weighted by Gasteiger charge is -2.32. The van der Waals surface area contributed by atoms with Gasteiger partial charge in [-0.2, -0.15) is 9.48 Å². The summed E-state index contributed by atoms with van der Waals surface area (Å²) in [6, 6.07) is 9.92. The molecule has 3 N–H and O–H groups in total. The van der Waals surface area contributed by atoms with Crippen molar-refractivity contribution in [2.24, 2.45) is 0 Å². The lowest BCUT2D eigenvalue weighted by atomic mass is 9.98.